The van der Waals surface area contributed by atoms with Crippen molar-refractivity contribution in [2.75, 3.05) is 32.8 Å². The van der Waals surface area contributed by atoms with Crippen LogP contribution in [0.3, 0.4) is 0 Å². The summed E-state index contributed by atoms with van der Waals surface area (Å²) < 4.78 is 10.5. The molecular weight excluding hydrogens is 332 g/mol. The summed E-state index contributed by atoms with van der Waals surface area (Å²) in [5.41, 5.74) is 0.993. The average molecular weight is 360 g/mol. The maximum atomic E-state index is 12.5. The highest BCUT2D eigenvalue weighted by atomic mass is 16.6. The van der Waals surface area contributed by atoms with Crippen LogP contribution in [-0.4, -0.2) is 49.7 Å². The fourth-order valence-electron chi connectivity index (χ4n) is 4.13. The van der Waals surface area contributed by atoms with Crippen molar-refractivity contribution in [2.45, 2.75) is 26.4 Å². The van der Waals surface area contributed by atoms with E-state index in [0.717, 1.165) is 25.1 Å². The number of hydrogen-bond acceptors (Lipinski definition) is 5. The minimum absolute atomic E-state index is 0.122. The molecule has 0 aromatic heterocycles. The molecule has 2 saturated heterocycles. The highest BCUT2D eigenvalue weighted by molar-refractivity contribution is 5.69. The molecule has 1 aromatic rings. The van der Waals surface area contributed by atoms with Gasteiger partial charge in [0, 0.05) is 19.5 Å². The Hall–Kier alpha value is -2.08. The Balaban J connectivity index is 1.51. The predicted octanol–water partition coefficient (Wildman–Crippen LogP) is 2.43. The largest absolute Gasteiger partial charge is 0.466 e. The van der Waals surface area contributed by atoms with Crippen LogP contribution in [0.2, 0.25) is 0 Å². The third-order valence-electron chi connectivity index (χ3n) is 5.38. The van der Waals surface area contributed by atoms with Crippen LogP contribution in [0.25, 0.3) is 0 Å². The van der Waals surface area contributed by atoms with E-state index in [1.165, 1.54) is 0 Å². The molecule has 0 radical (unpaired) electrons. The number of carbonyl (C=O) groups is 2. The molecule has 2 aliphatic rings. The summed E-state index contributed by atoms with van der Waals surface area (Å²) in [5, 5.41) is 3.45. The van der Waals surface area contributed by atoms with Crippen molar-refractivity contribution in [3.8, 4) is 0 Å². The molecule has 26 heavy (non-hydrogen) atoms. The number of nitrogens with one attached hydrogen (secondary N) is 1. The number of nitrogens with zero attached hydrogens (tertiary/aromatic N) is 1. The van der Waals surface area contributed by atoms with Crippen LogP contribution in [0, 0.1) is 17.8 Å². The highest BCUT2D eigenvalue weighted by Gasteiger charge is 2.41. The van der Waals surface area contributed by atoms with Crippen molar-refractivity contribution in [3.63, 3.8) is 0 Å². The molecule has 0 saturated carbocycles. The maximum absolute atomic E-state index is 12.5. The van der Waals surface area contributed by atoms with Crippen LogP contribution in [0.15, 0.2) is 30.3 Å². The molecule has 1 N–H and O–H groups in total. The van der Waals surface area contributed by atoms with E-state index in [0.29, 0.717) is 50.5 Å². The third-order valence-corrected chi connectivity index (χ3v) is 5.38. The van der Waals surface area contributed by atoms with Gasteiger partial charge < -0.3 is 19.7 Å². The molecule has 6 nitrogen and oxygen atoms in total. The first kappa shape index (κ1) is 18.7. The standard InChI is InChI=1S/C20H28N2O4/c1-2-25-19(23)9-8-18-16-10-21-11-17(18)13-22(12-16)20(24)26-14-15-6-4-3-5-7-15/h3-7,16-18,21H,2,8-14H2,1H3. The molecule has 3 rings (SSSR count). The summed E-state index contributed by atoms with van der Waals surface area (Å²) in [5.74, 6) is 1.06. The number of ether oxygens (including phenoxy) is 2. The number of fused-ring (bicyclic) bond motifs is 2. The van der Waals surface area contributed by atoms with Gasteiger partial charge in [0.25, 0.3) is 0 Å². The van der Waals surface area contributed by atoms with E-state index in [1.807, 2.05) is 42.2 Å². The molecule has 2 aliphatic heterocycles. The van der Waals surface area contributed by atoms with E-state index in [2.05, 4.69) is 5.32 Å². The number of amides is 1. The van der Waals surface area contributed by atoms with Gasteiger partial charge in [0.1, 0.15) is 6.61 Å². The van der Waals surface area contributed by atoms with E-state index in [-0.39, 0.29) is 12.1 Å². The molecular formula is C20H28N2O4. The van der Waals surface area contributed by atoms with Crippen LogP contribution in [0.5, 0.6) is 0 Å². The number of likely N-dealkylation sites (tertiary alicyclic amines) is 1. The predicted molar refractivity (Wildman–Crippen MR) is 97.4 cm³/mol. The smallest absolute Gasteiger partial charge is 0.410 e. The third kappa shape index (κ3) is 4.75. The van der Waals surface area contributed by atoms with E-state index < -0.39 is 0 Å². The Morgan fingerprint density at radius 2 is 1.81 bits per heavy atom. The lowest BCUT2D eigenvalue weighted by Gasteiger charge is -2.47. The molecule has 1 aromatic carbocycles. The lowest BCUT2D eigenvalue weighted by molar-refractivity contribution is -0.143. The Labute approximate surface area is 154 Å². The second-order valence-corrected chi connectivity index (χ2v) is 7.13. The zero-order chi connectivity index (χ0) is 18.4. The molecule has 2 atom stereocenters. The van der Waals surface area contributed by atoms with Gasteiger partial charge in [-0.15, -0.1) is 0 Å². The van der Waals surface area contributed by atoms with Crippen LogP contribution >= 0.6 is 0 Å². The molecule has 6 heteroatoms. The summed E-state index contributed by atoms with van der Waals surface area (Å²) >= 11 is 0. The molecule has 2 bridgehead atoms. The van der Waals surface area contributed by atoms with Gasteiger partial charge >= 0.3 is 12.1 Å². The molecule has 2 heterocycles. The monoisotopic (exact) mass is 360 g/mol. The van der Waals surface area contributed by atoms with Crippen molar-refractivity contribution in [1.82, 2.24) is 10.2 Å². The number of benzene rings is 1. The van der Waals surface area contributed by atoms with Crippen LogP contribution in [-0.2, 0) is 20.9 Å². The van der Waals surface area contributed by atoms with Crippen LogP contribution in [0.4, 0.5) is 4.79 Å². The van der Waals surface area contributed by atoms with Crippen molar-refractivity contribution >= 4 is 12.1 Å². The van der Waals surface area contributed by atoms with E-state index in [1.54, 1.807) is 0 Å². The van der Waals surface area contributed by atoms with Gasteiger partial charge in [-0.3, -0.25) is 4.79 Å². The van der Waals surface area contributed by atoms with Gasteiger partial charge in [-0.25, -0.2) is 4.79 Å². The molecule has 0 spiro atoms. The summed E-state index contributed by atoms with van der Waals surface area (Å²) in [6.45, 7) is 5.69. The van der Waals surface area contributed by atoms with Crippen molar-refractivity contribution < 1.29 is 19.1 Å². The first-order valence-electron chi connectivity index (χ1n) is 9.49. The average Bonchev–Trinajstić information content (AvgIpc) is 2.65. The van der Waals surface area contributed by atoms with Crippen molar-refractivity contribution in [2.24, 2.45) is 17.8 Å². The molecule has 1 amide bonds. The minimum atomic E-state index is -0.241. The Morgan fingerprint density at radius 3 is 2.46 bits per heavy atom. The molecule has 2 unspecified atom stereocenters. The molecule has 0 aliphatic carbocycles. The highest BCUT2D eigenvalue weighted by Crippen LogP contribution is 2.35. The number of piperidine rings is 2. The summed E-state index contributed by atoms with van der Waals surface area (Å²) in [6, 6.07) is 9.73. The summed E-state index contributed by atoms with van der Waals surface area (Å²) in [6.07, 6.45) is 1.06. The first-order chi connectivity index (χ1) is 12.7. The van der Waals surface area contributed by atoms with Gasteiger partial charge in [-0.1, -0.05) is 30.3 Å². The minimum Gasteiger partial charge on any atom is -0.466 e. The summed E-state index contributed by atoms with van der Waals surface area (Å²) in [7, 11) is 0. The number of rotatable bonds is 6. The van der Waals surface area contributed by atoms with Gasteiger partial charge in [0.05, 0.1) is 6.61 Å². The maximum Gasteiger partial charge on any atom is 0.410 e. The lowest BCUT2D eigenvalue weighted by Crippen LogP contribution is -2.57. The van der Waals surface area contributed by atoms with Gasteiger partial charge in [-0.05, 0) is 49.8 Å². The van der Waals surface area contributed by atoms with Gasteiger partial charge in [0.2, 0.25) is 0 Å². The van der Waals surface area contributed by atoms with Crippen LogP contribution in [0.1, 0.15) is 25.3 Å². The lowest BCUT2D eigenvalue weighted by atomic mass is 9.72. The fourth-order valence-corrected chi connectivity index (χ4v) is 4.13. The van der Waals surface area contributed by atoms with E-state index >= 15 is 0 Å². The second kappa shape index (κ2) is 9.03. The van der Waals surface area contributed by atoms with Crippen molar-refractivity contribution in [1.29, 1.82) is 0 Å². The van der Waals surface area contributed by atoms with Crippen LogP contribution < -0.4 is 5.32 Å². The molecule has 142 valence electrons. The van der Waals surface area contributed by atoms with E-state index in [9.17, 15) is 9.59 Å². The Bertz CT molecular complexity index is 593. The molecule has 2 fully saturated rings. The topological polar surface area (TPSA) is 67.9 Å². The van der Waals surface area contributed by atoms with E-state index in [4.69, 9.17) is 9.47 Å². The van der Waals surface area contributed by atoms with Gasteiger partial charge in [-0.2, -0.15) is 0 Å². The number of carbonyl (C=O) groups excluding carboxylic acids is 2. The number of hydrogen-bond donors (Lipinski definition) is 1. The SMILES string of the molecule is CCOC(=O)CCC1C2CNCC1CN(C(=O)OCc1ccccc1)C2. The fraction of sp³-hybridized carbons (Fsp3) is 0.600. The summed E-state index contributed by atoms with van der Waals surface area (Å²) in [4.78, 5) is 26.0. The Kier molecular flexibility index (Phi) is 6.50. The zero-order valence-corrected chi connectivity index (χ0v) is 15.4. The second-order valence-electron chi connectivity index (χ2n) is 7.13. The quantitative estimate of drug-likeness (QED) is 0.789. The van der Waals surface area contributed by atoms with Crippen molar-refractivity contribution in [3.05, 3.63) is 35.9 Å². The Morgan fingerprint density at radius 1 is 1.12 bits per heavy atom. The van der Waals surface area contributed by atoms with Gasteiger partial charge in [0.15, 0.2) is 0 Å². The normalized spacial score (nSPS) is 24.8. The zero-order valence-electron chi connectivity index (χ0n) is 15.4. The number of esters is 1. The first-order valence-corrected chi connectivity index (χ1v) is 9.49.